The molecular weight excluding hydrogens is 288 g/mol. The molecule has 1 aliphatic heterocycles. The van der Waals surface area contributed by atoms with Crippen LogP contribution in [-0.2, 0) is 0 Å². The van der Waals surface area contributed by atoms with E-state index in [9.17, 15) is 9.90 Å². The van der Waals surface area contributed by atoms with Crippen LogP contribution >= 0.6 is 0 Å². The second-order valence-electron chi connectivity index (χ2n) is 4.94. The zero-order valence-electron chi connectivity index (χ0n) is 11.4. The lowest BCUT2D eigenvalue weighted by Crippen LogP contribution is -2.51. The molecule has 22 heavy (non-hydrogen) atoms. The van der Waals surface area contributed by atoms with Gasteiger partial charge in [-0.25, -0.2) is 14.6 Å². The van der Waals surface area contributed by atoms with Crippen LogP contribution in [0.15, 0.2) is 35.8 Å². The minimum atomic E-state index is -0.328. The number of aromatic amines is 1. The highest BCUT2D eigenvalue weighted by Gasteiger charge is 2.26. The quantitative estimate of drug-likeness (QED) is 0.618. The number of hydrogen-bond donors (Lipinski definition) is 2. The molecule has 0 radical (unpaired) electrons. The summed E-state index contributed by atoms with van der Waals surface area (Å²) in [5.41, 5.74) is 0.0517. The van der Waals surface area contributed by atoms with Crippen molar-refractivity contribution in [1.82, 2.24) is 34.7 Å². The second kappa shape index (κ2) is 4.77. The lowest BCUT2D eigenvalue weighted by Gasteiger charge is -2.36. The van der Waals surface area contributed by atoms with E-state index in [-0.39, 0.29) is 11.7 Å². The number of nitrogens with zero attached hydrogens (tertiary/aromatic N) is 7. The van der Waals surface area contributed by atoms with Crippen molar-refractivity contribution in [2.24, 2.45) is 0 Å². The number of anilines is 1. The fourth-order valence-electron chi connectivity index (χ4n) is 2.31. The van der Waals surface area contributed by atoms with Crippen LogP contribution in [0.2, 0.25) is 0 Å². The monoisotopic (exact) mass is 300 g/mol. The maximum absolute atomic E-state index is 12.4. The van der Waals surface area contributed by atoms with Gasteiger partial charge in [0, 0.05) is 19.2 Å². The van der Waals surface area contributed by atoms with Gasteiger partial charge in [-0.15, -0.1) is 5.10 Å². The van der Waals surface area contributed by atoms with E-state index in [0.717, 1.165) is 0 Å². The fraction of sp³-hybridized carbons (Fsp3) is 0.250. The van der Waals surface area contributed by atoms with Crippen LogP contribution in [0.5, 0.6) is 0 Å². The van der Waals surface area contributed by atoms with Gasteiger partial charge in [0.15, 0.2) is 11.5 Å². The number of nitrogens with one attached hydrogen (secondary N) is 1. The molecule has 3 aromatic heterocycles. The van der Waals surface area contributed by atoms with Crippen LogP contribution in [0, 0.1) is 0 Å². The molecule has 0 saturated carbocycles. The highest BCUT2D eigenvalue weighted by Crippen LogP contribution is 2.19. The summed E-state index contributed by atoms with van der Waals surface area (Å²) in [4.78, 5) is 22.6. The molecule has 3 aromatic rings. The molecule has 0 amide bonds. The van der Waals surface area contributed by atoms with Gasteiger partial charge < -0.3 is 10.0 Å². The Balaban J connectivity index is 1.71. The molecule has 10 nitrogen and oxygen atoms in total. The van der Waals surface area contributed by atoms with E-state index in [4.69, 9.17) is 0 Å². The first kappa shape index (κ1) is 12.7. The average molecular weight is 300 g/mol. The first-order valence-corrected chi connectivity index (χ1v) is 6.65. The molecule has 0 aliphatic carbocycles. The van der Waals surface area contributed by atoms with Gasteiger partial charge >= 0.3 is 0 Å². The van der Waals surface area contributed by atoms with Gasteiger partial charge in [0.25, 0.3) is 5.56 Å². The zero-order valence-corrected chi connectivity index (χ0v) is 11.4. The molecule has 0 spiro atoms. The van der Waals surface area contributed by atoms with Gasteiger partial charge in [0.05, 0.1) is 24.7 Å². The van der Waals surface area contributed by atoms with E-state index in [1.807, 2.05) is 4.90 Å². The predicted molar refractivity (Wildman–Crippen MR) is 75.1 cm³/mol. The third-order valence-electron chi connectivity index (χ3n) is 3.48. The number of rotatable bonds is 3. The van der Waals surface area contributed by atoms with E-state index >= 15 is 0 Å². The van der Waals surface area contributed by atoms with Crippen LogP contribution in [0.25, 0.3) is 11.5 Å². The summed E-state index contributed by atoms with van der Waals surface area (Å²) >= 11 is 0. The average Bonchev–Trinajstić information content (AvgIpc) is 3.13. The van der Waals surface area contributed by atoms with Crippen molar-refractivity contribution in [2.45, 2.75) is 6.10 Å². The molecule has 112 valence electrons. The van der Waals surface area contributed by atoms with Crippen LogP contribution in [0.3, 0.4) is 0 Å². The predicted octanol–water partition coefficient (Wildman–Crippen LogP) is -1.28. The molecule has 1 fully saturated rings. The Morgan fingerprint density at radius 1 is 1.27 bits per heavy atom. The van der Waals surface area contributed by atoms with Crippen molar-refractivity contribution >= 4 is 5.82 Å². The molecule has 0 bridgehead atoms. The van der Waals surface area contributed by atoms with Crippen LogP contribution in [0.1, 0.15) is 0 Å². The Kier molecular flexibility index (Phi) is 2.76. The molecule has 0 aromatic carbocycles. The molecule has 10 heteroatoms. The van der Waals surface area contributed by atoms with E-state index in [2.05, 4.69) is 25.4 Å². The maximum Gasteiger partial charge on any atom is 0.298 e. The first-order valence-electron chi connectivity index (χ1n) is 6.65. The molecule has 4 heterocycles. The Hall–Kier alpha value is -3.01. The number of aliphatic hydroxyl groups is 1. The SMILES string of the molecule is O=c1c(-n2ccnn2)c[nH]n1-c1cc(N2CC(O)C2)ncn1. The summed E-state index contributed by atoms with van der Waals surface area (Å²) < 4.78 is 2.68. The molecule has 0 unspecified atom stereocenters. The van der Waals surface area contributed by atoms with Crippen LogP contribution in [0.4, 0.5) is 5.82 Å². The van der Waals surface area contributed by atoms with Gasteiger partial charge in [-0.3, -0.25) is 9.89 Å². The zero-order chi connectivity index (χ0) is 15.1. The largest absolute Gasteiger partial charge is 0.389 e. The van der Waals surface area contributed by atoms with E-state index in [1.165, 1.54) is 28.1 Å². The van der Waals surface area contributed by atoms with Gasteiger partial charge in [0.2, 0.25) is 0 Å². The third kappa shape index (κ3) is 1.97. The minimum Gasteiger partial charge on any atom is -0.389 e. The van der Waals surface area contributed by atoms with Gasteiger partial charge in [-0.2, -0.15) is 4.68 Å². The highest BCUT2D eigenvalue weighted by atomic mass is 16.3. The Labute approximate surface area is 123 Å². The van der Waals surface area contributed by atoms with Crippen molar-refractivity contribution < 1.29 is 5.11 Å². The number of β-amino-alcohol motifs (C(OH)–C–C–N with tert-alkyl or cyclic N) is 1. The summed E-state index contributed by atoms with van der Waals surface area (Å²) in [6.45, 7) is 1.06. The minimum absolute atomic E-state index is 0.293. The number of aliphatic hydroxyl groups excluding tert-OH is 1. The fourth-order valence-corrected chi connectivity index (χ4v) is 2.31. The molecule has 0 atom stereocenters. The van der Waals surface area contributed by atoms with Crippen molar-refractivity contribution in [3.05, 3.63) is 41.3 Å². The molecule has 1 saturated heterocycles. The number of hydrogen-bond acceptors (Lipinski definition) is 7. The Morgan fingerprint density at radius 2 is 2.09 bits per heavy atom. The lowest BCUT2D eigenvalue weighted by molar-refractivity contribution is 0.141. The summed E-state index contributed by atoms with van der Waals surface area (Å²) in [5.74, 6) is 1.09. The maximum atomic E-state index is 12.4. The van der Waals surface area contributed by atoms with Gasteiger partial charge in [-0.1, -0.05) is 5.21 Å². The van der Waals surface area contributed by atoms with Crippen LogP contribution in [-0.4, -0.2) is 59.0 Å². The van der Waals surface area contributed by atoms with Crippen molar-refractivity contribution in [3.63, 3.8) is 0 Å². The van der Waals surface area contributed by atoms with Gasteiger partial charge in [-0.05, 0) is 0 Å². The summed E-state index contributed by atoms with van der Waals surface area (Å²) in [5, 5.41) is 19.7. The van der Waals surface area contributed by atoms with E-state index in [1.54, 1.807) is 12.3 Å². The normalized spacial score (nSPS) is 15.0. The number of aromatic nitrogens is 7. The standard InChI is InChI=1S/C12H12N8O2/c21-8-5-18(6-8)10-3-11(14-7-13-10)20-12(22)9(4-16-20)19-2-1-15-17-19/h1-4,7-8,16,21H,5-6H2. The topological polar surface area (TPSA) is 118 Å². The smallest absolute Gasteiger partial charge is 0.298 e. The Bertz CT molecular complexity index is 846. The van der Waals surface area contributed by atoms with Crippen molar-refractivity contribution in [3.8, 4) is 11.5 Å². The summed E-state index contributed by atoms with van der Waals surface area (Å²) in [7, 11) is 0. The molecular formula is C12H12N8O2. The van der Waals surface area contributed by atoms with Crippen molar-refractivity contribution in [1.29, 1.82) is 0 Å². The second-order valence-corrected chi connectivity index (χ2v) is 4.94. The molecule has 2 N–H and O–H groups in total. The summed E-state index contributed by atoms with van der Waals surface area (Å²) in [6.07, 6.45) is 5.67. The van der Waals surface area contributed by atoms with Crippen LogP contribution < -0.4 is 10.5 Å². The molecule has 1 aliphatic rings. The van der Waals surface area contributed by atoms with Crippen molar-refractivity contribution in [2.75, 3.05) is 18.0 Å². The van der Waals surface area contributed by atoms with E-state index < -0.39 is 0 Å². The third-order valence-corrected chi connectivity index (χ3v) is 3.48. The first-order chi connectivity index (χ1) is 10.7. The number of H-pyrrole nitrogens is 1. The van der Waals surface area contributed by atoms with Gasteiger partial charge in [0.1, 0.15) is 12.1 Å². The van der Waals surface area contributed by atoms with E-state index in [0.29, 0.717) is 30.4 Å². The summed E-state index contributed by atoms with van der Waals surface area (Å²) in [6, 6.07) is 1.69. The molecule has 4 rings (SSSR count). The highest BCUT2D eigenvalue weighted by molar-refractivity contribution is 5.46. The Morgan fingerprint density at radius 3 is 2.82 bits per heavy atom. The lowest BCUT2D eigenvalue weighted by atomic mass is 10.2.